The lowest BCUT2D eigenvalue weighted by Crippen LogP contribution is -1.91. The normalized spacial score (nSPS) is 11.7. The molecule has 0 fully saturated rings. The maximum atomic E-state index is 10.2. The zero-order chi connectivity index (χ0) is 9.14. The van der Waals surface area contributed by atoms with E-state index in [2.05, 4.69) is 15.9 Å². The molecule has 0 N–H and O–H groups in total. The van der Waals surface area contributed by atoms with Crippen molar-refractivity contribution in [2.75, 3.05) is 0 Å². The van der Waals surface area contributed by atoms with Crippen molar-refractivity contribution in [3.05, 3.63) is 36.6 Å². The molecule has 0 bridgehead atoms. The fourth-order valence-electron chi connectivity index (χ4n) is 0.663. The molecular weight excluding hydrogens is 242 g/mol. The number of halogens is 1. The molecule has 12 heavy (non-hydrogen) atoms. The zero-order valence-electron chi connectivity index (χ0n) is 6.28. The van der Waals surface area contributed by atoms with Gasteiger partial charge in [-0.15, -0.1) is 11.3 Å². The van der Waals surface area contributed by atoms with Crippen LogP contribution in [-0.2, 0) is 0 Å². The minimum Gasteiger partial charge on any atom is -0.259 e. The summed E-state index contributed by atoms with van der Waals surface area (Å²) in [6.45, 7) is 1.48. The van der Waals surface area contributed by atoms with Gasteiger partial charge in [-0.2, -0.15) is 0 Å². The number of nitrogens with zero attached hydrogens (tertiary/aromatic N) is 1. The highest BCUT2D eigenvalue weighted by Gasteiger charge is 2.02. The summed E-state index contributed by atoms with van der Waals surface area (Å²) in [4.78, 5) is 10.7. The van der Waals surface area contributed by atoms with E-state index in [4.69, 9.17) is 0 Å². The van der Waals surface area contributed by atoms with Crippen LogP contribution in [0.25, 0.3) is 6.08 Å². The van der Waals surface area contributed by atoms with E-state index in [-0.39, 0.29) is 5.70 Å². The molecular formula is C7H6BrNO2S. The molecule has 1 rings (SSSR count). The molecule has 0 atom stereocenters. The van der Waals surface area contributed by atoms with E-state index in [1.165, 1.54) is 18.3 Å². The summed E-state index contributed by atoms with van der Waals surface area (Å²) >= 11 is 4.74. The number of thiophene rings is 1. The van der Waals surface area contributed by atoms with Gasteiger partial charge in [-0.1, -0.05) is 0 Å². The molecule has 0 aliphatic heterocycles. The molecule has 0 radical (unpaired) electrons. The van der Waals surface area contributed by atoms with Gasteiger partial charge in [0.25, 0.3) is 0 Å². The number of nitro groups is 1. The lowest BCUT2D eigenvalue weighted by molar-refractivity contribution is -0.422. The van der Waals surface area contributed by atoms with E-state index in [1.807, 2.05) is 11.4 Å². The van der Waals surface area contributed by atoms with Crippen LogP contribution in [0.4, 0.5) is 0 Å². The quantitative estimate of drug-likeness (QED) is 0.596. The average Bonchev–Trinajstić information content (AvgIpc) is 2.35. The minimum atomic E-state index is -0.395. The van der Waals surface area contributed by atoms with Crippen LogP contribution in [0.15, 0.2) is 21.6 Å². The van der Waals surface area contributed by atoms with Crippen LogP contribution in [0.2, 0.25) is 0 Å². The Morgan fingerprint density at radius 2 is 2.50 bits per heavy atom. The molecule has 0 aliphatic rings. The van der Waals surface area contributed by atoms with Crippen LogP contribution < -0.4 is 0 Å². The van der Waals surface area contributed by atoms with Gasteiger partial charge < -0.3 is 0 Å². The van der Waals surface area contributed by atoms with Gasteiger partial charge in [-0.05, 0) is 22.0 Å². The smallest absolute Gasteiger partial charge is 0.244 e. The molecule has 5 heteroatoms. The number of hydrogen-bond acceptors (Lipinski definition) is 3. The van der Waals surface area contributed by atoms with Gasteiger partial charge >= 0.3 is 0 Å². The third-order valence-electron chi connectivity index (χ3n) is 1.23. The second-order valence-corrected chi connectivity index (χ2v) is 4.07. The van der Waals surface area contributed by atoms with E-state index in [9.17, 15) is 10.1 Å². The lowest BCUT2D eigenvalue weighted by atomic mass is 10.4. The van der Waals surface area contributed by atoms with Crippen molar-refractivity contribution in [3.63, 3.8) is 0 Å². The standard InChI is InChI=1S/C7H6BrNO2S/c1-5(9(10)11)2-7-3-6(8)4-12-7/h2-4H,1H3/b5-2+. The van der Waals surface area contributed by atoms with Crippen LogP contribution in [0.5, 0.6) is 0 Å². The SMILES string of the molecule is C/C(=C\c1cc(Br)cs1)[N+](=O)[O-]. The van der Waals surface area contributed by atoms with Crippen LogP contribution in [-0.4, -0.2) is 4.92 Å². The van der Waals surface area contributed by atoms with E-state index in [0.717, 1.165) is 9.35 Å². The first-order chi connectivity index (χ1) is 5.59. The maximum Gasteiger partial charge on any atom is 0.244 e. The Morgan fingerprint density at radius 1 is 1.83 bits per heavy atom. The van der Waals surface area contributed by atoms with Gasteiger partial charge in [0.05, 0.1) is 4.92 Å². The topological polar surface area (TPSA) is 43.1 Å². The van der Waals surface area contributed by atoms with Gasteiger partial charge in [0.1, 0.15) is 0 Å². The van der Waals surface area contributed by atoms with E-state index in [0.29, 0.717) is 0 Å². The molecule has 0 unspecified atom stereocenters. The summed E-state index contributed by atoms with van der Waals surface area (Å²) in [6, 6.07) is 1.84. The third kappa shape index (κ3) is 2.42. The minimum absolute atomic E-state index is 0.157. The maximum absolute atomic E-state index is 10.2. The van der Waals surface area contributed by atoms with Crippen molar-refractivity contribution >= 4 is 33.3 Å². The molecule has 3 nitrogen and oxygen atoms in total. The summed E-state index contributed by atoms with van der Waals surface area (Å²) in [5.74, 6) is 0. The van der Waals surface area contributed by atoms with Gasteiger partial charge in [-0.3, -0.25) is 10.1 Å². The summed E-state index contributed by atoms with van der Waals surface area (Å²) in [5, 5.41) is 12.1. The predicted octanol–water partition coefficient (Wildman–Crippen LogP) is 3.15. The van der Waals surface area contributed by atoms with E-state index >= 15 is 0 Å². The number of allylic oxidation sites excluding steroid dienone is 1. The van der Waals surface area contributed by atoms with Crippen molar-refractivity contribution in [3.8, 4) is 0 Å². The zero-order valence-corrected chi connectivity index (χ0v) is 8.68. The first kappa shape index (κ1) is 9.41. The molecule has 0 amide bonds. The second kappa shape index (κ2) is 3.82. The third-order valence-corrected chi connectivity index (χ3v) is 2.87. The van der Waals surface area contributed by atoms with Crippen LogP contribution >= 0.6 is 27.3 Å². The highest BCUT2D eigenvalue weighted by Crippen LogP contribution is 2.21. The van der Waals surface area contributed by atoms with E-state index < -0.39 is 4.92 Å². The highest BCUT2D eigenvalue weighted by atomic mass is 79.9. The largest absolute Gasteiger partial charge is 0.259 e. The Hall–Kier alpha value is -0.680. The van der Waals surface area contributed by atoms with Gasteiger partial charge in [-0.25, -0.2) is 0 Å². The Bertz CT molecular complexity index is 332. The molecule has 64 valence electrons. The van der Waals surface area contributed by atoms with Crippen molar-refractivity contribution in [2.24, 2.45) is 0 Å². The molecule has 1 aromatic rings. The Morgan fingerprint density at radius 3 is 2.92 bits per heavy atom. The highest BCUT2D eigenvalue weighted by molar-refractivity contribution is 9.10. The van der Waals surface area contributed by atoms with Crippen LogP contribution in [0.3, 0.4) is 0 Å². The molecule has 0 aromatic carbocycles. The first-order valence-corrected chi connectivity index (χ1v) is 4.83. The van der Waals surface area contributed by atoms with Gasteiger partial charge in [0.15, 0.2) is 0 Å². The lowest BCUT2D eigenvalue weighted by Gasteiger charge is -1.86. The second-order valence-electron chi connectivity index (χ2n) is 2.21. The first-order valence-electron chi connectivity index (χ1n) is 3.16. The molecule has 0 aliphatic carbocycles. The Labute approximate surface area is 82.0 Å². The molecule has 1 aromatic heterocycles. The molecule has 0 saturated heterocycles. The van der Waals surface area contributed by atoms with Gasteiger partial charge in [0.2, 0.25) is 5.70 Å². The molecule has 1 heterocycles. The summed E-state index contributed by atoms with van der Waals surface area (Å²) in [7, 11) is 0. The van der Waals surface area contributed by atoms with Crippen molar-refractivity contribution in [2.45, 2.75) is 6.92 Å². The Kier molecular flexibility index (Phi) is 2.99. The summed E-state index contributed by atoms with van der Waals surface area (Å²) in [6.07, 6.45) is 1.55. The average molecular weight is 248 g/mol. The molecule has 0 saturated carbocycles. The van der Waals surface area contributed by atoms with E-state index in [1.54, 1.807) is 6.08 Å². The fourth-order valence-corrected chi connectivity index (χ4v) is 2.09. The fraction of sp³-hybridized carbons (Fsp3) is 0.143. The summed E-state index contributed by atoms with van der Waals surface area (Å²) < 4.78 is 0.954. The summed E-state index contributed by atoms with van der Waals surface area (Å²) in [5.41, 5.74) is 0.157. The monoisotopic (exact) mass is 247 g/mol. The van der Waals surface area contributed by atoms with Crippen molar-refractivity contribution in [1.82, 2.24) is 0 Å². The molecule has 0 spiro atoms. The van der Waals surface area contributed by atoms with Crippen molar-refractivity contribution < 1.29 is 4.92 Å². The Balaban J connectivity index is 2.87. The predicted molar refractivity (Wildman–Crippen MR) is 52.7 cm³/mol. The van der Waals surface area contributed by atoms with Gasteiger partial charge in [0, 0.05) is 27.7 Å². The number of hydrogen-bond donors (Lipinski definition) is 0. The number of rotatable bonds is 2. The van der Waals surface area contributed by atoms with Crippen molar-refractivity contribution in [1.29, 1.82) is 0 Å². The van der Waals surface area contributed by atoms with Crippen LogP contribution in [0, 0.1) is 10.1 Å². The van der Waals surface area contributed by atoms with Crippen LogP contribution in [0.1, 0.15) is 11.8 Å².